The Kier molecular flexibility index (Phi) is 20.9. The van der Waals surface area contributed by atoms with Gasteiger partial charge in [0, 0.05) is 156 Å². The van der Waals surface area contributed by atoms with Gasteiger partial charge in [-0.2, -0.15) is 0 Å². The lowest BCUT2D eigenvalue weighted by Crippen LogP contribution is -2.45. The minimum absolute atomic E-state index is 0.106. The lowest BCUT2D eigenvalue weighted by Gasteiger charge is -2.39. The molecule has 552 valence electrons. The number of amides is 2. The molecule has 22 nitrogen and oxygen atoms in total. The molecular weight excluding hydrogens is 1540 g/mol. The van der Waals surface area contributed by atoms with Gasteiger partial charge in [0.1, 0.15) is 69.4 Å². The summed E-state index contributed by atoms with van der Waals surface area (Å²) in [6.07, 6.45) is 18.7. The molecule has 16 rings (SSSR count). The summed E-state index contributed by atoms with van der Waals surface area (Å²) < 4.78 is 156. The normalized spacial score (nSPS) is 17.5. The third-order valence-electron chi connectivity index (χ3n) is 22.2. The van der Waals surface area contributed by atoms with Gasteiger partial charge in [0.2, 0.25) is 42.6 Å². The van der Waals surface area contributed by atoms with E-state index in [1.54, 1.807) is 0 Å². The second-order valence-corrected chi connectivity index (χ2v) is 36.1. The number of nitrogens with zero attached hydrogens (tertiary/aromatic N) is 4. The third-order valence-corrected chi connectivity index (χ3v) is 27.8. The minimum Gasteiger partial charge on any atom is -0.744 e. The Labute approximate surface area is 624 Å². The number of carbonyl (C=O) groups excluding carboxylic acids is 2. The highest BCUT2D eigenvalue weighted by atomic mass is 79.9. The van der Waals surface area contributed by atoms with E-state index in [4.69, 9.17) is 9.47 Å². The Morgan fingerprint density at radius 2 is 0.827 bits per heavy atom. The first-order valence-electron chi connectivity index (χ1n) is 36.8. The largest absolute Gasteiger partial charge is 0.744 e. The number of carbonyl (C=O) groups is 2. The lowest BCUT2D eigenvalue weighted by molar-refractivity contribution is -0.119. The standard InChI is InChI=1S/2C38H43BrN4O7S2/c39-23-33(44)40-14-2-1-3-15-41-51(45,46)32-22-26(52(47,48)49)12-13-27(32)34-30-20-24-8-4-16-42-18-6-10-28(35(24)42)37(30)50-38-29-11-7-19-43-17-5-9-25(36(29)43)21-31(34)38;39-23-33(44)40-14-2-1-3-15-41-51(45,46)26-12-13-27(32(22-26)52(47,48)49)34-30-20-24-8-4-16-42-18-6-10-28(35(24)42)37(30)50-38-29-11-7-19-43-17-5-9-25(36(29)43)21-31(34)38/h2*12-13,20-22,41H,1-11,14-19,23H2,(H-,40,44,47,48,49). The molecule has 6 aromatic carbocycles. The summed E-state index contributed by atoms with van der Waals surface area (Å²) in [5.74, 6) is 2.72. The van der Waals surface area contributed by atoms with Crippen LogP contribution >= 0.6 is 31.9 Å². The van der Waals surface area contributed by atoms with E-state index >= 15 is 0 Å². The second kappa shape index (κ2) is 29.9. The average molecular weight is 1620 g/mol. The molecule has 6 aromatic rings. The van der Waals surface area contributed by atoms with Crippen molar-refractivity contribution in [2.75, 3.05) is 99.0 Å². The van der Waals surface area contributed by atoms with Crippen LogP contribution in [0.15, 0.2) is 80.2 Å². The van der Waals surface area contributed by atoms with Crippen LogP contribution in [0.1, 0.15) is 157 Å². The first kappa shape index (κ1) is 72.9. The molecule has 2 amide bonds. The van der Waals surface area contributed by atoms with Crippen LogP contribution in [0.4, 0.5) is 11.4 Å². The Morgan fingerprint density at radius 1 is 0.423 bits per heavy atom. The number of rotatable bonds is 22. The van der Waals surface area contributed by atoms with Crippen molar-refractivity contribution in [2.24, 2.45) is 0 Å². The summed E-state index contributed by atoms with van der Waals surface area (Å²) >= 11 is 6.22. The molecule has 10 aliphatic rings. The van der Waals surface area contributed by atoms with Crippen molar-refractivity contribution >= 4 is 106 Å². The fourth-order valence-electron chi connectivity index (χ4n) is 17.8. The van der Waals surface area contributed by atoms with E-state index < -0.39 is 50.1 Å². The summed E-state index contributed by atoms with van der Waals surface area (Å²) in [5.41, 5.74) is 15.2. The summed E-state index contributed by atoms with van der Waals surface area (Å²) in [5, 5.41) is 10.0. The van der Waals surface area contributed by atoms with E-state index in [2.05, 4.69) is 95.2 Å². The van der Waals surface area contributed by atoms with Gasteiger partial charge in [-0.3, -0.25) is 9.59 Å². The number of unbranched alkanes of at least 4 members (excludes halogenated alkanes) is 4. The Balaban J connectivity index is 0.000000167. The van der Waals surface area contributed by atoms with E-state index in [0.29, 0.717) is 68.3 Å². The topological polar surface area (TPSA) is 296 Å². The van der Waals surface area contributed by atoms with Crippen molar-refractivity contribution in [3.63, 3.8) is 0 Å². The molecule has 0 fully saturated rings. The van der Waals surface area contributed by atoms with Crippen LogP contribution in [0.25, 0.3) is 11.1 Å². The monoisotopic (exact) mass is 1620 g/mol. The van der Waals surface area contributed by atoms with Crippen molar-refractivity contribution in [3.05, 3.63) is 149 Å². The Morgan fingerprint density at radius 3 is 1.29 bits per heavy atom. The number of halogens is 2. The van der Waals surface area contributed by atoms with Gasteiger partial charge in [-0.25, -0.2) is 52.3 Å². The zero-order valence-corrected chi connectivity index (χ0v) is 64.6. The van der Waals surface area contributed by atoms with E-state index in [-0.39, 0.29) is 50.9 Å². The van der Waals surface area contributed by atoms with Crippen molar-refractivity contribution in [3.8, 4) is 23.0 Å². The van der Waals surface area contributed by atoms with Gasteiger partial charge in [-0.05, 0) is 162 Å². The van der Waals surface area contributed by atoms with Crippen LogP contribution in [0.5, 0.6) is 23.0 Å². The van der Waals surface area contributed by atoms with E-state index in [1.165, 1.54) is 68.6 Å². The molecule has 4 N–H and O–H groups in total. The number of hydrogen-bond donors (Lipinski definition) is 4. The molecule has 0 saturated carbocycles. The molecule has 0 saturated heterocycles. The van der Waals surface area contributed by atoms with Gasteiger partial charge in [0.05, 0.1) is 41.4 Å². The highest BCUT2D eigenvalue weighted by molar-refractivity contribution is 9.09. The zero-order chi connectivity index (χ0) is 72.4. The molecule has 0 atom stereocenters. The predicted molar refractivity (Wildman–Crippen MR) is 401 cm³/mol. The predicted octanol–water partition coefficient (Wildman–Crippen LogP) is 5.97. The molecule has 0 aliphatic carbocycles. The fourth-order valence-corrected chi connectivity index (χ4v) is 21.9. The number of sulfonamides is 2. The number of hydrogen-bond acceptors (Lipinski definition) is 16. The maximum atomic E-state index is 14.3. The van der Waals surface area contributed by atoms with E-state index in [9.17, 15) is 52.4 Å². The van der Waals surface area contributed by atoms with Crippen LogP contribution in [0, 0.1) is 0 Å². The first-order chi connectivity index (χ1) is 50.1. The third kappa shape index (κ3) is 14.1. The summed E-state index contributed by atoms with van der Waals surface area (Å²) in [6.45, 7) is 9.10. The van der Waals surface area contributed by atoms with E-state index in [0.717, 1.165) is 234 Å². The highest BCUT2D eigenvalue weighted by Gasteiger charge is 2.40. The molecule has 28 heteroatoms. The quantitative estimate of drug-likeness (QED) is 0.0263. The molecule has 0 spiro atoms. The second-order valence-electron chi connectivity index (χ2n) is 28.8. The lowest BCUT2D eigenvalue weighted by atomic mass is 9.82. The fraction of sp³-hybridized carbons (Fsp3) is 0.474. The number of benzene rings is 6. The summed E-state index contributed by atoms with van der Waals surface area (Å²) in [6, 6.07) is 16.2. The van der Waals surface area contributed by atoms with Crippen LogP contribution in [-0.2, 0) is 101 Å². The van der Waals surface area contributed by atoms with Crippen LogP contribution < -0.4 is 69.7 Å². The van der Waals surface area contributed by atoms with Crippen LogP contribution in [0.3, 0.4) is 0 Å². The smallest absolute Gasteiger partial charge is 0.241 e. The Bertz CT molecular complexity index is 5330. The Hall–Kier alpha value is -6.60. The number of anilines is 2. The number of nitrogens with one attached hydrogen (secondary N) is 4. The van der Waals surface area contributed by atoms with Gasteiger partial charge in [0.25, 0.3) is 0 Å². The van der Waals surface area contributed by atoms with Gasteiger partial charge < -0.3 is 39.0 Å². The van der Waals surface area contributed by atoms with Crippen molar-refractivity contribution in [2.45, 2.75) is 161 Å². The maximum Gasteiger partial charge on any atom is 0.241 e. The number of alkyl halides is 2. The van der Waals surface area contributed by atoms with Gasteiger partial charge in [-0.1, -0.05) is 56.8 Å². The molecule has 10 heterocycles. The molecular formula is C76H86Br2N8O14S4. The van der Waals surface area contributed by atoms with Crippen LogP contribution in [-0.4, -0.2) is 144 Å². The summed E-state index contributed by atoms with van der Waals surface area (Å²) in [4.78, 5) is 26.1. The van der Waals surface area contributed by atoms with Crippen molar-refractivity contribution in [1.29, 1.82) is 0 Å². The minimum atomic E-state index is -5.13. The summed E-state index contributed by atoms with van der Waals surface area (Å²) in [7, 11) is -18.5. The zero-order valence-electron chi connectivity index (χ0n) is 58.1. The SMILES string of the molecule is O=C(CBr)NCCCCCNS(=O)(=O)c1cc(S(=O)(=O)[O-])ccc1C1=c2cc3c4c(c2Oc2c1cc1c5c2CCCN5CCC1)CCC[N+]=4CCC3.O=C(CBr)NCCCCCNS(=O)(=O)c1ccc(C2=c3cc4c5c(c3Oc3c2cc2c6c3CCCN6CCC2)CCC[N+]=5CCC4)c(S(=O)(=O)[O-])c1. The molecule has 0 radical (unpaired) electrons. The molecule has 0 aromatic heterocycles. The molecule has 0 unspecified atom stereocenters. The number of aryl methyl sites for hydroxylation is 4. The average Bonchev–Trinajstić information content (AvgIpc) is 0.405. The van der Waals surface area contributed by atoms with Crippen molar-refractivity contribution < 1.29 is 61.8 Å². The van der Waals surface area contributed by atoms with Crippen molar-refractivity contribution in [1.82, 2.24) is 29.2 Å². The molecule has 104 heavy (non-hydrogen) atoms. The highest BCUT2D eigenvalue weighted by Crippen LogP contribution is 2.52. The molecule has 0 bridgehead atoms. The van der Waals surface area contributed by atoms with Crippen LogP contribution in [0.2, 0.25) is 0 Å². The maximum absolute atomic E-state index is 14.3. The molecule has 10 aliphatic heterocycles. The van der Waals surface area contributed by atoms with Gasteiger partial charge >= 0.3 is 0 Å². The van der Waals surface area contributed by atoms with E-state index in [1.807, 2.05) is 0 Å². The number of ether oxygens (including phenoxy) is 2. The first-order valence-corrected chi connectivity index (χ1v) is 44.8. The van der Waals surface area contributed by atoms with Gasteiger partial charge in [0.15, 0.2) is 0 Å². The number of fused-ring (bicyclic) bond motifs is 8. The van der Waals surface area contributed by atoms with Gasteiger partial charge in [-0.15, -0.1) is 0 Å².